The fourth-order valence-corrected chi connectivity index (χ4v) is 7.34. The van der Waals surface area contributed by atoms with Gasteiger partial charge in [-0.15, -0.1) is 11.3 Å². The number of amides is 1. The van der Waals surface area contributed by atoms with E-state index in [0.29, 0.717) is 9.90 Å². The summed E-state index contributed by atoms with van der Waals surface area (Å²) >= 11 is 6.91. The lowest BCUT2D eigenvalue weighted by Gasteiger charge is -2.38. The largest absolute Gasteiger partial charge is 0.289 e. The van der Waals surface area contributed by atoms with Crippen molar-refractivity contribution < 1.29 is 26.8 Å². The van der Waals surface area contributed by atoms with Gasteiger partial charge in [0.1, 0.15) is 10.3 Å². The van der Waals surface area contributed by atoms with Crippen LogP contribution in [0.15, 0.2) is 40.6 Å². The van der Waals surface area contributed by atoms with Gasteiger partial charge in [-0.25, -0.2) is 13.9 Å². The van der Waals surface area contributed by atoms with Crippen LogP contribution in [-0.2, 0) is 25.0 Å². The molecule has 14 heteroatoms. The summed E-state index contributed by atoms with van der Waals surface area (Å²) in [5, 5.41) is 9.66. The van der Waals surface area contributed by atoms with Crippen LogP contribution in [0.5, 0.6) is 0 Å². The molecule has 2 heterocycles. The van der Waals surface area contributed by atoms with Gasteiger partial charge in [-0.2, -0.15) is 21.3 Å². The summed E-state index contributed by atoms with van der Waals surface area (Å²) in [5.74, 6) is -1.02. The first kappa shape index (κ1) is 24.1. The second kappa shape index (κ2) is 9.11. The Kier molecular flexibility index (Phi) is 7.08. The van der Waals surface area contributed by atoms with Gasteiger partial charge >= 0.3 is 0 Å². The number of thiophene rings is 1. The van der Waals surface area contributed by atoms with Gasteiger partial charge in [-0.1, -0.05) is 23.7 Å². The zero-order valence-electron chi connectivity index (χ0n) is 16.6. The number of hydroxylamine groups is 1. The van der Waals surface area contributed by atoms with Gasteiger partial charge in [0, 0.05) is 43.6 Å². The number of halogens is 1. The standard InChI is InChI=1S/C17H21ClN4O6S3/c1-20(2)31(27,28)21-9-10-22(14(11-21)17(23)19-24)30(25,26)16-8-7-15(29-16)12-3-5-13(18)6-4-12/h3-8,14,24H,9-11H2,1-2H3,(H,19,23)/t14-/m1/s1. The Bertz CT molecular complexity index is 1160. The fourth-order valence-electron chi connectivity index (χ4n) is 3.10. The predicted molar refractivity (Wildman–Crippen MR) is 117 cm³/mol. The molecule has 1 saturated heterocycles. The lowest BCUT2D eigenvalue weighted by molar-refractivity contribution is -0.134. The van der Waals surface area contributed by atoms with Crippen molar-refractivity contribution in [1.29, 1.82) is 0 Å². The van der Waals surface area contributed by atoms with E-state index in [0.717, 1.165) is 29.8 Å². The number of sulfonamides is 1. The molecule has 0 saturated carbocycles. The molecule has 1 amide bonds. The molecule has 2 aromatic rings. The molecule has 1 fully saturated rings. The van der Waals surface area contributed by atoms with Crippen LogP contribution >= 0.6 is 22.9 Å². The monoisotopic (exact) mass is 508 g/mol. The number of rotatable bonds is 6. The Hall–Kier alpha value is -1.58. The summed E-state index contributed by atoms with van der Waals surface area (Å²) in [6.45, 7) is -0.812. The summed E-state index contributed by atoms with van der Waals surface area (Å²) in [5.41, 5.74) is 2.22. The maximum absolute atomic E-state index is 13.3. The van der Waals surface area contributed by atoms with Crippen molar-refractivity contribution in [3.05, 3.63) is 41.4 Å². The topological polar surface area (TPSA) is 127 Å². The molecule has 0 bridgehead atoms. The van der Waals surface area contributed by atoms with Crippen LogP contribution in [0.25, 0.3) is 10.4 Å². The van der Waals surface area contributed by atoms with Crippen molar-refractivity contribution >= 4 is 49.1 Å². The second-order valence-corrected chi connectivity index (χ2v) is 12.7. The molecule has 1 aromatic carbocycles. The molecule has 1 aromatic heterocycles. The van der Waals surface area contributed by atoms with Crippen molar-refractivity contribution in [1.82, 2.24) is 18.4 Å². The molecule has 31 heavy (non-hydrogen) atoms. The van der Waals surface area contributed by atoms with E-state index in [-0.39, 0.29) is 17.3 Å². The zero-order chi connectivity index (χ0) is 23.0. The van der Waals surface area contributed by atoms with E-state index >= 15 is 0 Å². The quantitative estimate of drug-likeness (QED) is 0.443. The summed E-state index contributed by atoms with van der Waals surface area (Å²) in [4.78, 5) is 12.9. The van der Waals surface area contributed by atoms with Gasteiger partial charge in [0.15, 0.2) is 0 Å². The Morgan fingerprint density at radius 1 is 1.13 bits per heavy atom. The average Bonchev–Trinajstić information content (AvgIpc) is 3.24. The normalized spacial score (nSPS) is 18.9. The van der Waals surface area contributed by atoms with E-state index in [4.69, 9.17) is 16.8 Å². The third-order valence-corrected chi connectivity index (χ3v) is 10.4. The maximum Gasteiger partial charge on any atom is 0.281 e. The summed E-state index contributed by atoms with van der Waals surface area (Å²) in [6.07, 6.45) is 0. The summed E-state index contributed by atoms with van der Waals surface area (Å²) in [6, 6.07) is 8.55. The maximum atomic E-state index is 13.3. The molecule has 1 atom stereocenters. The molecule has 0 radical (unpaired) electrons. The van der Waals surface area contributed by atoms with Gasteiger partial charge in [-0.3, -0.25) is 10.0 Å². The average molecular weight is 509 g/mol. The van der Waals surface area contributed by atoms with Crippen molar-refractivity contribution in [2.45, 2.75) is 10.3 Å². The molecule has 170 valence electrons. The molecule has 0 aliphatic carbocycles. The number of hydrogen-bond donors (Lipinski definition) is 2. The van der Waals surface area contributed by atoms with Crippen LogP contribution in [0.4, 0.5) is 0 Å². The third-order valence-electron chi connectivity index (χ3n) is 4.77. The molecule has 0 unspecified atom stereocenters. The number of benzene rings is 1. The summed E-state index contributed by atoms with van der Waals surface area (Å²) < 4.78 is 54.3. The molecule has 1 aliphatic rings. The second-order valence-electron chi connectivity index (χ2n) is 6.88. The van der Waals surface area contributed by atoms with Crippen LogP contribution in [0.3, 0.4) is 0 Å². The van der Waals surface area contributed by atoms with E-state index in [1.54, 1.807) is 30.3 Å². The van der Waals surface area contributed by atoms with Crippen LogP contribution in [0.2, 0.25) is 5.02 Å². The minimum atomic E-state index is -4.13. The SMILES string of the molecule is CN(C)S(=O)(=O)N1CCN(S(=O)(=O)c2ccc(-c3ccc(Cl)cc3)s2)[C@@H](C(=O)NO)C1. The van der Waals surface area contributed by atoms with Gasteiger partial charge in [0.2, 0.25) is 0 Å². The van der Waals surface area contributed by atoms with Crippen LogP contribution in [0.1, 0.15) is 0 Å². The van der Waals surface area contributed by atoms with E-state index in [1.165, 1.54) is 25.6 Å². The fraction of sp³-hybridized carbons (Fsp3) is 0.353. The molecular weight excluding hydrogens is 488 g/mol. The Morgan fingerprint density at radius 2 is 1.77 bits per heavy atom. The molecular formula is C17H21ClN4O6S3. The van der Waals surface area contributed by atoms with Crippen molar-refractivity contribution in [2.75, 3.05) is 33.7 Å². The third kappa shape index (κ3) is 4.78. The van der Waals surface area contributed by atoms with E-state index in [9.17, 15) is 21.6 Å². The predicted octanol–water partition coefficient (Wildman–Crippen LogP) is 1.06. The first-order valence-corrected chi connectivity index (χ1v) is 13.0. The first-order valence-electron chi connectivity index (χ1n) is 8.97. The van der Waals surface area contributed by atoms with Gasteiger partial charge in [0.05, 0.1) is 0 Å². The van der Waals surface area contributed by atoms with Gasteiger partial charge in [0.25, 0.3) is 26.1 Å². The number of hydrogen-bond acceptors (Lipinski definition) is 7. The molecule has 10 nitrogen and oxygen atoms in total. The smallest absolute Gasteiger partial charge is 0.281 e. The van der Waals surface area contributed by atoms with E-state index in [1.807, 2.05) is 0 Å². The van der Waals surface area contributed by atoms with Crippen LogP contribution in [0, 0.1) is 0 Å². The minimum Gasteiger partial charge on any atom is -0.289 e. The highest BCUT2D eigenvalue weighted by atomic mass is 35.5. The van der Waals surface area contributed by atoms with Gasteiger partial charge < -0.3 is 0 Å². The highest BCUT2D eigenvalue weighted by Gasteiger charge is 2.44. The highest BCUT2D eigenvalue weighted by Crippen LogP contribution is 2.34. The highest BCUT2D eigenvalue weighted by molar-refractivity contribution is 7.91. The van der Waals surface area contributed by atoms with Gasteiger partial charge in [-0.05, 0) is 29.8 Å². The van der Waals surface area contributed by atoms with Crippen molar-refractivity contribution in [3.63, 3.8) is 0 Å². The molecule has 3 rings (SSSR count). The Balaban J connectivity index is 1.92. The zero-order valence-corrected chi connectivity index (χ0v) is 19.8. The molecule has 2 N–H and O–H groups in total. The van der Waals surface area contributed by atoms with Crippen LogP contribution in [-0.4, -0.2) is 80.6 Å². The van der Waals surface area contributed by atoms with Crippen LogP contribution < -0.4 is 5.48 Å². The Labute approximate surface area is 189 Å². The van der Waals surface area contributed by atoms with Crippen molar-refractivity contribution in [2.24, 2.45) is 0 Å². The molecule has 1 aliphatic heterocycles. The first-order chi connectivity index (χ1) is 14.5. The molecule has 0 spiro atoms. The number of nitrogens with zero attached hydrogens (tertiary/aromatic N) is 3. The minimum absolute atomic E-state index is 0.00268. The lowest BCUT2D eigenvalue weighted by atomic mass is 10.2. The number of piperazine rings is 1. The number of nitrogens with one attached hydrogen (secondary N) is 1. The van der Waals surface area contributed by atoms with E-state index in [2.05, 4.69) is 0 Å². The summed E-state index contributed by atoms with van der Waals surface area (Å²) in [7, 11) is -5.33. The Morgan fingerprint density at radius 3 is 2.35 bits per heavy atom. The van der Waals surface area contributed by atoms with E-state index < -0.39 is 38.7 Å². The number of carbonyl (C=O) groups excluding carboxylic acids is 1. The lowest BCUT2D eigenvalue weighted by Crippen LogP contribution is -2.62. The number of carbonyl (C=O) groups is 1. The van der Waals surface area contributed by atoms with Crippen molar-refractivity contribution in [3.8, 4) is 10.4 Å².